The van der Waals surface area contributed by atoms with Crippen LogP contribution >= 0.6 is 11.3 Å². The Morgan fingerprint density at radius 1 is 0.413 bits per heavy atom. The molecule has 0 bridgehead atoms. The minimum Gasteiger partial charge on any atom is -0.465 e. The van der Waals surface area contributed by atoms with E-state index in [-0.39, 0.29) is 56.4 Å². The monoisotopic (exact) mass is 992 g/mol. The van der Waals surface area contributed by atoms with E-state index in [9.17, 15) is 51.7 Å². The number of carbonyl (C=O) groups excluding carboxylic acids is 2. The Hall–Kier alpha value is -10.6. The molecule has 0 unspecified atom stereocenters. The van der Waals surface area contributed by atoms with Gasteiger partial charge in [0.15, 0.2) is 0 Å². The highest BCUT2D eigenvalue weighted by Gasteiger charge is 2.31. The fourth-order valence-electron chi connectivity index (χ4n) is 8.89. The van der Waals surface area contributed by atoms with Gasteiger partial charge in [0.05, 0.1) is 25.3 Å². The smallest absolute Gasteiger partial charge is 0.338 e. The van der Waals surface area contributed by atoms with Crippen LogP contribution in [0.15, 0.2) is 132 Å². The Bertz CT molecular complexity index is 3810. The minimum atomic E-state index is -0.640. The van der Waals surface area contributed by atoms with E-state index in [1.54, 1.807) is 72.8 Å². The number of fused-ring (bicyclic) bond motifs is 2. The second kappa shape index (κ2) is 22.6. The van der Waals surface area contributed by atoms with Gasteiger partial charge >= 0.3 is 11.9 Å². The number of carbonyl (C=O) groups is 2. The molecule has 0 fully saturated rings. The number of nitriles is 8. The van der Waals surface area contributed by atoms with Gasteiger partial charge in [0.25, 0.3) is 0 Å². The number of rotatable bonds is 10. The van der Waals surface area contributed by atoms with Gasteiger partial charge in [-0.25, -0.2) is 9.59 Å². The first kappa shape index (κ1) is 52.2. The zero-order valence-electron chi connectivity index (χ0n) is 41.3. The van der Waals surface area contributed by atoms with Crippen LogP contribution in [0.25, 0.3) is 55.7 Å². The molecule has 13 heteroatoms. The number of benzene rings is 2. The molecule has 4 aliphatic rings. The number of ether oxygens (including phenoxy) is 2. The molecule has 75 heavy (non-hydrogen) atoms. The molecule has 0 aliphatic heterocycles. The number of allylic oxidation sites excluding steroid dienone is 4. The van der Waals surface area contributed by atoms with Crippen molar-refractivity contribution < 1.29 is 19.1 Å². The maximum atomic E-state index is 13.7. The molecular formula is C62H40N8O4S. The molecule has 0 radical (unpaired) electrons. The molecule has 4 aliphatic carbocycles. The summed E-state index contributed by atoms with van der Waals surface area (Å²) in [4.78, 5) is 28.1. The van der Waals surface area contributed by atoms with Crippen LogP contribution in [0.1, 0.15) is 92.3 Å². The van der Waals surface area contributed by atoms with Crippen molar-refractivity contribution in [1.29, 1.82) is 42.1 Å². The first-order chi connectivity index (χ1) is 36.2. The van der Waals surface area contributed by atoms with Crippen LogP contribution in [0.4, 0.5) is 0 Å². The van der Waals surface area contributed by atoms with E-state index in [1.807, 2.05) is 101 Å². The molecule has 358 valence electrons. The number of thiophene rings is 1. The van der Waals surface area contributed by atoms with E-state index in [0.717, 1.165) is 22.5 Å². The molecule has 0 amide bonds. The molecule has 0 saturated heterocycles. The third kappa shape index (κ3) is 10.0. The highest BCUT2D eigenvalue weighted by Crippen LogP contribution is 2.47. The van der Waals surface area contributed by atoms with Gasteiger partial charge in [-0.15, -0.1) is 11.3 Å². The Labute approximate surface area is 436 Å². The van der Waals surface area contributed by atoms with Crippen LogP contribution in [0, 0.1) is 90.6 Å². The van der Waals surface area contributed by atoms with Crippen LogP contribution < -0.4 is 20.9 Å². The summed E-state index contributed by atoms with van der Waals surface area (Å²) in [5.74, 6) is -1.18. The highest BCUT2D eigenvalue weighted by atomic mass is 32.1. The van der Waals surface area contributed by atoms with Gasteiger partial charge in [-0.1, -0.05) is 125 Å². The topological polar surface area (TPSA) is 243 Å². The van der Waals surface area contributed by atoms with Crippen LogP contribution in [-0.2, 0) is 9.47 Å². The molecule has 1 aromatic heterocycles. The summed E-state index contributed by atoms with van der Waals surface area (Å²) >= 11 is 1.06. The second-order valence-corrected chi connectivity index (χ2v) is 18.5. The van der Waals surface area contributed by atoms with E-state index in [4.69, 9.17) is 9.47 Å². The van der Waals surface area contributed by atoms with E-state index < -0.39 is 11.9 Å². The fraction of sp³-hybridized carbons (Fsp3) is 0.129. The van der Waals surface area contributed by atoms with Crippen molar-refractivity contribution in [1.82, 2.24) is 0 Å². The zero-order valence-corrected chi connectivity index (χ0v) is 42.1. The molecule has 7 rings (SSSR count). The largest absolute Gasteiger partial charge is 0.465 e. The average Bonchev–Trinajstić information content (AvgIpc) is 4.05. The average molecular weight is 993 g/mol. The Morgan fingerprint density at radius 3 is 1.04 bits per heavy atom. The molecule has 0 saturated carbocycles. The van der Waals surface area contributed by atoms with E-state index >= 15 is 0 Å². The first-order valence-electron chi connectivity index (χ1n) is 23.1. The molecule has 3 aromatic rings. The number of esters is 2. The molecule has 0 N–H and O–H groups in total. The van der Waals surface area contributed by atoms with Gasteiger partial charge in [-0.3, -0.25) is 0 Å². The minimum absolute atomic E-state index is 0.0492. The zero-order chi connectivity index (χ0) is 54.1. The van der Waals surface area contributed by atoms with Crippen LogP contribution in [0.2, 0.25) is 0 Å². The number of hydrogen-bond acceptors (Lipinski definition) is 13. The van der Waals surface area contributed by atoms with Crippen molar-refractivity contribution in [2.24, 2.45) is 0 Å². The van der Waals surface area contributed by atoms with Gasteiger partial charge in [0, 0.05) is 42.5 Å². The predicted octanol–water partition coefficient (Wildman–Crippen LogP) is 9.57. The van der Waals surface area contributed by atoms with Gasteiger partial charge < -0.3 is 9.47 Å². The summed E-state index contributed by atoms with van der Waals surface area (Å²) in [5, 5.41) is 84.1. The quantitative estimate of drug-likeness (QED) is 0.0919. The first-order valence-corrected chi connectivity index (χ1v) is 23.9. The van der Waals surface area contributed by atoms with Gasteiger partial charge in [0.2, 0.25) is 0 Å². The van der Waals surface area contributed by atoms with Gasteiger partial charge in [-0.2, -0.15) is 42.1 Å². The second-order valence-electron chi connectivity index (χ2n) is 17.4. The highest BCUT2D eigenvalue weighted by molar-refractivity contribution is 7.14. The normalized spacial score (nSPS) is 10.2. The van der Waals surface area contributed by atoms with Crippen molar-refractivity contribution in [2.75, 3.05) is 14.2 Å². The number of methoxy groups -OCH3 is 2. The lowest BCUT2D eigenvalue weighted by Gasteiger charge is -2.15. The van der Waals surface area contributed by atoms with Crippen LogP contribution in [0.3, 0.4) is 0 Å². The van der Waals surface area contributed by atoms with Crippen LogP contribution in [-0.4, -0.2) is 26.2 Å². The van der Waals surface area contributed by atoms with Crippen molar-refractivity contribution >= 4 is 56.7 Å². The van der Waals surface area contributed by atoms with Crippen molar-refractivity contribution in [3.8, 4) is 70.8 Å². The summed E-state index contributed by atoms with van der Waals surface area (Å²) in [7, 11) is 2.54. The summed E-state index contributed by atoms with van der Waals surface area (Å²) in [6.07, 6.45) is 0. The maximum absolute atomic E-state index is 13.7. The third-order valence-electron chi connectivity index (χ3n) is 12.6. The Morgan fingerprint density at radius 2 is 0.747 bits per heavy atom. The SMILES string of the molecule is COC(=O)c1cc(C(C(=C(C#N)C#N)c2ccc(C(=C(C#N)C#N)C(c3cc(C(=O)OC)c4cc(C(C)C)cccc3-4)=c3ccc(=C(C#N)C#N)cc3)s2)=c2ccc(=C(C#N)C#N)cc2)c2cccc(C(C)C)cc1-2. The standard InChI is InChI=1S/C62H40N8O4S/c1-35(2)41-9-7-11-47-49(23-41)53(61(71)73-5)25-51(47)57(39-17-13-37(14-18-39)43(27-63)28-64)59(45(31-67)32-68)55-21-22-56(75-55)60(46(33-69)34-70)58(40-19-15-38(16-20-40)44(29-65)30-66)52-26-54(62(72)74-6)50-24-42(36(3)4)10-8-12-48(50)52/h7-26,35-36H,1-6H3. The number of nitrogens with zero attached hydrogens (tertiary/aromatic N) is 8. The Kier molecular flexibility index (Phi) is 15.7. The maximum Gasteiger partial charge on any atom is 0.338 e. The summed E-state index contributed by atoms with van der Waals surface area (Å²) in [6, 6.07) is 50.4. The molecule has 12 nitrogen and oxygen atoms in total. The lowest BCUT2D eigenvalue weighted by atomic mass is 9.89. The lowest BCUT2D eigenvalue weighted by molar-refractivity contribution is 0.0593. The summed E-state index contributed by atoms with van der Waals surface area (Å²) < 4.78 is 10.6. The molecule has 0 spiro atoms. The van der Waals surface area contributed by atoms with E-state index in [1.165, 1.54) is 14.2 Å². The molecular weight excluding hydrogens is 953 g/mol. The van der Waals surface area contributed by atoms with E-state index in [0.29, 0.717) is 75.2 Å². The Balaban J connectivity index is 1.65. The van der Waals surface area contributed by atoms with Crippen molar-refractivity contribution in [3.05, 3.63) is 196 Å². The molecule has 0 atom stereocenters. The molecule has 1 heterocycles. The van der Waals surface area contributed by atoms with Gasteiger partial charge in [-0.05, 0) is 91.0 Å². The fourth-order valence-corrected chi connectivity index (χ4v) is 10.0. The van der Waals surface area contributed by atoms with Gasteiger partial charge in [0.1, 0.15) is 70.8 Å². The third-order valence-corrected chi connectivity index (χ3v) is 13.8. The predicted molar refractivity (Wildman–Crippen MR) is 283 cm³/mol. The van der Waals surface area contributed by atoms with E-state index in [2.05, 4.69) is 24.3 Å². The molecule has 2 aromatic carbocycles. The van der Waals surface area contributed by atoms with Crippen molar-refractivity contribution in [3.63, 3.8) is 0 Å². The number of hydrogen-bond donors (Lipinski definition) is 0. The van der Waals surface area contributed by atoms with Crippen molar-refractivity contribution in [2.45, 2.75) is 39.5 Å². The summed E-state index contributed by atoms with van der Waals surface area (Å²) in [6.45, 7) is 8.06. The van der Waals surface area contributed by atoms with Crippen LogP contribution in [0.5, 0.6) is 0 Å². The summed E-state index contributed by atoms with van der Waals surface area (Å²) in [5.41, 5.74) is 5.16. The lowest BCUT2D eigenvalue weighted by Crippen LogP contribution is -2.14.